The van der Waals surface area contributed by atoms with Gasteiger partial charge in [0.2, 0.25) is 5.91 Å². The Balaban J connectivity index is 1.66. The zero-order chi connectivity index (χ0) is 14.4. The highest BCUT2D eigenvalue weighted by Crippen LogP contribution is 2.22. The van der Waals surface area contributed by atoms with Crippen LogP contribution in [0.2, 0.25) is 0 Å². The van der Waals surface area contributed by atoms with Crippen molar-refractivity contribution in [3.8, 4) is 0 Å². The van der Waals surface area contributed by atoms with Crippen LogP contribution in [0.3, 0.4) is 0 Å². The van der Waals surface area contributed by atoms with Gasteiger partial charge in [0.1, 0.15) is 4.99 Å². The van der Waals surface area contributed by atoms with Crippen LogP contribution in [0.1, 0.15) is 37.7 Å². The molecule has 4 nitrogen and oxygen atoms in total. The predicted molar refractivity (Wildman–Crippen MR) is 83.8 cm³/mol. The molecule has 0 radical (unpaired) electrons. The van der Waals surface area contributed by atoms with Crippen molar-refractivity contribution in [1.82, 2.24) is 0 Å². The van der Waals surface area contributed by atoms with Crippen molar-refractivity contribution in [3.05, 3.63) is 29.8 Å². The first kappa shape index (κ1) is 14.9. The Morgan fingerprint density at radius 3 is 2.60 bits per heavy atom. The van der Waals surface area contributed by atoms with Gasteiger partial charge in [0, 0.05) is 24.3 Å². The molecule has 0 atom stereocenters. The number of carbonyl (C=O) groups is 1. The van der Waals surface area contributed by atoms with Crippen molar-refractivity contribution in [2.24, 2.45) is 5.73 Å². The lowest BCUT2D eigenvalue weighted by Crippen LogP contribution is -2.22. The number of nitrogens with one attached hydrogen (secondary N) is 1. The fourth-order valence-electron chi connectivity index (χ4n) is 1.96. The molecule has 3 N–H and O–H groups in total. The Morgan fingerprint density at radius 2 is 2.05 bits per heavy atom. The Morgan fingerprint density at radius 1 is 1.35 bits per heavy atom. The summed E-state index contributed by atoms with van der Waals surface area (Å²) in [6.07, 6.45) is 5.28. The molecule has 108 valence electrons. The van der Waals surface area contributed by atoms with Gasteiger partial charge in [-0.05, 0) is 49.9 Å². The zero-order valence-corrected chi connectivity index (χ0v) is 12.2. The molecule has 1 amide bonds. The molecule has 0 unspecified atom stereocenters. The average Bonchev–Trinajstić information content (AvgIpc) is 2.37. The van der Waals surface area contributed by atoms with E-state index < -0.39 is 0 Å². The van der Waals surface area contributed by atoms with E-state index in [2.05, 4.69) is 5.32 Å². The molecule has 1 aliphatic carbocycles. The van der Waals surface area contributed by atoms with Gasteiger partial charge in [-0.1, -0.05) is 12.2 Å². The molecule has 1 saturated carbocycles. The van der Waals surface area contributed by atoms with Crippen molar-refractivity contribution < 1.29 is 9.53 Å². The molecule has 0 aliphatic heterocycles. The summed E-state index contributed by atoms with van der Waals surface area (Å²) in [7, 11) is 0. The fraction of sp³-hybridized carbons (Fsp3) is 0.467. The summed E-state index contributed by atoms with van der Waals surface area (Å²) in [6.45, 7) is 0.665. The van der Waals surface area contributed by atoms with Crippen LogP contribution >= 0.6 is 12.2 Å². The van der Waals surface area contributed by atoms with Crippen LogP contribution in [0, 0.1) is 0 Å². The van der Waals surface area contributed by atoms with E-state index in [4.69, 9.17) is 22.7 Å². The topological polar surface area (TPSA) is 64.3 Å². The van der Waals surface area contributed by atoms with Crippen molar-refractivity contribution in [1.29, 1.82) is 0 Å². The molecular weight excluding hydrogens is 272 g/mol. The lowest BCUT2D eigenvalue weighted by atomic mass is 9.96. The van der Waals surface area contributed by atoms with Gasteiger partial charge >= 0.3 is 0 Å². The highest BCUT2D eigenvalue weighted by atomic mass is 32.1. The van der Waals surface area contributed by atoms with E-state index in [0.29, 0.717) is 24.1 Å². The third-order valence-electron chi connectivity index (χ3n) is 3.41. The quantitative estimate of drug-likeness (QED) is 0.599. The zero-order valence-electron chi connectivity index (χ0n) is 11.4. The maximum Gasteiger partial charge on any atom is 0.224 e. The van der Waals surface area contributed by atoms with E-state index >= 15 is 0 Å². The number of benzene rings is 1. The maximum absolute atomic E-state index is 11.7. The molecule has 1 aromatic rings. The molecule has 0 heterocycles. The van der Waals surface area contributed by atoms with E-state index in [9.17, 15) is 4.79 Å². The minimum Gasteiger partial charge on any atom is -0.389 e. The summed E-state index contributed by atoms with van der Waals surface area (Å²) in [4.78, 5) is 12.1. The van der Waals surface area contributed by atoms with Crippen molar-refractivity contribution in [2.45, 2.75) is 38.2 Å². The van der Waals surface area contributed by atoms with Gasteiger partial charge in [0.15, 0.2) is 0 Å². The van der Waals surface area contributed by atoms with Crippen LogP contribution in [0.4, 0.5) is 5.69 Å². The van der Waals surface area contributed by atoms with Gasteiger partial charge in [0.05, 0.1) is 6.10 Å². The largest absolute Gasteiger partial charge is 0.389 e. The Bertz CT molecular complexity index is 469. The first-order chi connectivity index (χ1) is 9.65. The number of anilines is 1. The number of hydrogen-bond acceptors (Lipinski definition) is 3. The third-order valence-corrected chi connectivity index (χ3v) is 3.64. The van der Waals surface area contributed by atoms with Gasteiger partial charge in [-0.25, -0.2) is 0 Å². The van der Waals surface area contributed by atoms with E-state index in [1.165, 1.54) is 19.3 Å². The normalized spacial score (nSPS) is 14.6. The molecule has 0 saturated heterocycles. The first-order valence-electron chi connectivity index (χ1n) is 6.96. The van der Waals surface area contributed by atoms with E-state index in [-0.39, 0.29) is 5.91 Å². The highest BCUT2D eigenvalue weighted by molar-refractivity contribution is 7.80. The maximum atomic E-state index is 11.7. The fourth-order valence-corrected chi connectivity index (χ4v) is 2.10. The van der Waals surface area contributed by atoms with E-state index in [0.717, 1.165) is 17.7 Å². The van der Waals surface area contributed by atoms with Gasteiger partial charge in [-0.15, -0.1) is 0 Å². The number of nitrogens with two attached hydrogens (primary N) is 1. The number of ether oxygens (including phenoxy) is 1. The van der Waals surface area contributed by atoms with Crippen LogP contribution < -0.4 is 11.1 Å². The first-order valence-corrected chi connectivity index (χ1v) is 7.37. The average molecular weight is 292 g/mol. The minimum atomic E-state index is 0.00489. The highest BCUT2D eigenvalue weighted by Gasteiger charge is 2.17. The van der Waals surface area contributed by atoms with E-state index in [1.807, 2.05) is 0 Å². The lowest BCUT2D eigenvalue weighted by Gasteiger charge is -2.25. The van der Waals surface area contributed by atoms with Crippen LogP contribution in [-0.4, -0.2) is 23.6 Å². The summed E-state index contributed by atoms with van der Waals surface area (Å²) >= 11 is 4.88. The van der Waals surface area contributed by atoms with Crippen LogP contribution in [0.5, 0.6) is 0 Å². The monoisotopic (exact) mass is 292 g/mol. The van der Waals surface area contributed by atoms with Gasteiger partial charge in [-0.2, -0.15) is 0 Å². The smallest absolute Gasteiger partial charge is 0.224 e. The standard InChI is InChI=1S/C15H20N2O2S/c16-15(20)11-6-8-12(9-7-11)17-14(18)5-2-10-19-13-3-1-4-13/h6-9,13H,1-5,10H2,(H2,16,20)(H,17,18). The van der Waals surface area contributed by atoms with Crippen LogP contribution in [0.15, 0.2) is 24.3 Å². The Labute approximate surface area is 124 Å². The summed E-state index contributed by atoms with van der Waals surface area (Å²) in [5.74, 6) is 0.00489. The SMILES string of the molecule is NC(=S)c1ccc(NC(=O)CCCOC2CCC2)cc1. The van der Waals surface area contributed by atoms with Crippen molar-refractivity contribution in [2.75, 3.05) is 11.9 Å². The molecule has 0 spiro atoms. The molecule has 0 bridgehead atoms. The summed E-state index contributed by atoms with van der Waals surface area (Å²) < 4.78 is 5.61. The Kier molecular flexibility index (Phi) is 5.49. The van der Waals surface area contributed by atoms with Crippen LogP contribution in [-0.2, 0) is 9.53 Å². The third kappa shape index (κ3) is 4.58. The molecule has 1 fully saturated rings. The molecule has 5 heteroatoms. The summed E-state index contributed by atoms with van der Waals surface area (Å²) in [5, 5.41) is 2.85. The summed E-state index contributed by atoms with van der Waals surface area (Å²) in [6, 6.07) is 7.21. The second-order valence-corrected chi connectivity index (χ2v) is 5.46. The number of carbonyl (C=O) groups excluding carboxylic acids is 1. The number of thiocarbonyl (C=S) groups is 1. The van der Waals surface area contributed by atoms with E-state index in [1.54, 1.807) is 24.3 Å². The van der Waals surface area contributed by atoms with Gasteiger partial charge in [0.25, 0.3) is 0 Å². The second kappa shape index (κ2) is 7.36. The number of rotatable bonds is 7. The van der Waals surface area contributed by atoms with Crippen molar-refractivity contribution >= 4 is 28.8 Å². The summed E-state index contributed by atoms with van der Waals surface area (Å²) in [5.41, 5.74) is 7.07. The number of amides is 1. The van der Waals surface area contributed by atoms with Crippen LogP contribution in [0.25, 0.3) is 0 Å². The molecule has 0 aromatic heterocycles. The minimum absolute atomic E-state index is 0.00489. The van der Waals surface area contributed by atoms with Gasteiger partial charge < -0.3 is 15.8 Å². The van der Waals surface area contributed by atoms with Crippen molar-refractivity contribution in [3.63, 3.8) is 0 Å². The molecule has 2 rings (SSSR count). The second-order valence-electron chi connectivity index (χ2n) is 5.02. The molecular formula is C15H20N2O2S. The molecule has 1 aromatic carbocycles. The predicted octanol–water partition coefficient (Wildman–Crippen LogP) is 2.61. The molecule has 1 aliphatic rings. The number of hydrogen-bond donors (Lipinski definition) is 2. The lowest BCUT2D eigenvalue weighted by molar-refractivity contribution is -0.116. The Hall–Kier alpha value is -1.46. The molecule has 20 heavy (non-hydrogen) atoms. The van der Waals surface area contributed by atoms with Gasteiger partial charge in [-0.3, -0.25) is 4.79 Å².